The van der Waals surface area contributed by atoms with Crippen molar-refractivity contribution < 1.29 is 13.9 Å². The zero-order chi connectivity index (χ0) is 26.6. The van der Waals surface area contributed by atoms with E-state index in [0.717, 1.165) is 57.3 Å². The Labute approximate surface area is 229 Å². The molecule has 3 saturated heterocycles. The second-order valence-electron chi connectivity index (χ2n) is 11.0. The largest absolute Gasteiger partial charge is 0.453 e. The van der Waals surface area contributed by atoms with Crippen molar-refractivity contribution in [1.82, 2.24) is 19.2 Å². The van der Waals surface area contributed by atoms with Gasteiger partial charge in [-0.1, -0.05) is 0 Å². The predicted octanol–water partition coefficient (Wildman–Crippen LogP) is 4.21. The maximum absolute atomic E-state index is 14.9. The van der Waals surface area contributed by atoms with Crippen LogP contribution in [-0.4, -0.2) is 52.2 Å². The molecule has 202 valence electrons. The number of aromatic nitrogens is 2. The molecule has 11 heteroatoms. The third-order valence-electron chi connectivity index (χ3n) is 8.52. The molecule has 1 spiro atoms. The molecular weight excluding hydrogens is 519 g/mol. The summed E-state index contributed by atoms with van der Waals surface area (Å²) < 4.78 is 34.1. The number of nitrogens with zero attached hydrogens (tertiary/aromatic N) is 4. The molecule has 1 saturated carbocycles. The van der Waals surface area contributed by atoms with Crippen LogP contribution < -0.4 is 20.3 Å². The minimum Gasteiger partial charge on any atom is -0.453 e. The summed E-state index contributed by atoms with van der Waals surface area (Å²) in [6.45, 7) is 4.32. The smallest absolute Gasteiger partial charge is 0.261 e. The van der Waals surface area contributed by atoms with E-state index in [1.165, 1.54) is 24.6 Å². The van der Waals surface area contributed by atoms with Crippen LogP contribution in [0.15, 0.2) is 41.5 Å². The molecule has 1 aromatic heterocycles. The average Bonchev–Trinajstić information content (AvgIpc) is 3.36. The van der Waals surface area contributed by atoms with Gasteiger partial charge < -0.3 is 19.5 Å². The van der Waals surface area contributed by atoms with E-state index >= 15 is 0 Å². The quantitative estimate of drug-likeness (QED) is 0.439. The van der Waals surface area contributed by atoms with Crippen molar-refractivity contribution in [3.63, 3.8) is 0 Å². The van der Waals surface area contributed by atoms with Crippen molar-refractivity contribution in [2.24, 2.45) is 11.8 Å². The predicted molar refractivity (Wildman–Crippen MR) is 146 cm³/mol. The van der Waals surface area contributed by atoms with Gasteiger partial charge in [0.05, 0.1) is 41.2 Å². The summed E-state index contributed by atoms with van der Waals surface area (Å²) >= 11 is 1.44. The summed E-state index contributed by atoms with van der Waals surface area (Å²) in [4.78, 5) is 18.0. The number of nitrogens with one attached hydrogen (secondary N) is 2. The molecule has 39 heavy (non-hydrogen) atoms. The summed E-state index contributed by atoms with van der Waals surface area (Å²) in [5.41, 5.74) is 0.702. The molecule has 0 bridgehead atoms. The zero-order valence-electron chi connectivity index (χ0n) is 21.4. The van der Waals surface area contributed by atoms with Gasteiger partial charge in [-0.2, -0.15) is 5.26 Å². The SMILES string of the molecule is N#Cc1c(NSN2CC3CC3C2)ccc(F)c1Oc1ccc2ncn(C3COC4(CCNCC4)C3)c(=O)c2c1. The number of rotatable bonds is 6. The standard InChI is InChI=1S/C28H29FN6O3S/c29-23-2-4-25(33-39-34-13-17-9-18(17)14-34)22(12-30)26(23)38-20-1-3-24-21(10-20)27(36)35(16-32-24)19-11-28(37-15-19)5-7-31-8-6-28/h1-4,10,16-19,31,33H,5-9,11,13-15H2. The van der Waals surface area contributed by atoms with Crippen LogP contribution in [0.25, 0.3) is 10.9 Å². The number of nitriles is 1. The summed E-state index contributed by atoms with van der Waals surface area (Å²) in [5.74, 6) is 0.995. The minimum atomic E-state index is -0.649. The molecule has 0 amide bonds. The van der Waals surface area contributed by atoms with Crippen LogP contribution in [0.2, 0.25) is 0 Å². The van der Waals surface area contributed by atoms with Crippen LogP contribution in [0.5, 0.6) is 11.5 Å². The van der Waals surface area contributed by atoms with Crippen molar-refractivity contribution in [2.45, 2.75) is 37.3 Å². The first kappa shape index (κ1) is 24.8. The maximum atomic E-state index is 14.9. The molecule has 7 rings (SSSR count). The molecule has 0 radical (unpaired) electrons. The van der Waals surface area contributed by atoms with Crippen LogP contribution in [0.1, 0.15) is 37.3 Å². The fourth-order valence-corrected chi connectivity index (χ4v) is 7.11. The van der Waals surface area contributed by atoms with Crippen molar-refractivity contribution in [2.75, 3.05) is 37.5 Å². The van der Waals surface area contributed by atoms with E-state index in [-0.39, 0.29) is 34.3 Å². The van der Waals surface area contributed by atoms with Crippen molar-refractivity contribution in [3.8, 4) is 17.6 Å². The van der Waals surface area contributed by atoms with E-state index in [2.05, 4.69) is 25.4 Å². The molecule has 3 aromatic rings. The molecule has 1 aliphatic carbocycles. The number of piperidine rings is 2. The van der Waals surface area contributed by atoms with E-state index in [4.69, 9.17) is 9.47 Å². The van der Waals surface area contributed by atoms with E-state index in [9.17, 15) is 14.4 Å². The highest BCUT2D eigenvalue weighted by molar-refractivity contribution is 7.98. The number of anilines is 1. The average molecular weight is 549 g/mol. The van der Waals surface area contributed by atoms with Crippen molar-refractivity contribution in [1.29, 1.82) is 5.26 Å². The molecule has 2 aromatic carbocycles. The Balaban J connectivity index is 1.14. The first-order valence-electron chi connectivity index (χ1n) is 13.5. The molecule has 9 nitrogen and oxygen atoms in total. The topological polar surface area (TPSA) is 104 Å². The number of hydrogen-bond acceptors (Lipinski definition) is 9. The maximum Gasteiger partial charge on any atom is 0.261 e. The van der Waals surface area contributed by atoms with Crippen molar-refractivity contribution in [3.05, 3.63) is 58.4 Å². The van der Waals surface area contributed by atoms with Gasteiger partial charge in [-0.25, -0.2) is 13.7 Å². The summed E-state index contributed by atoms with van der Waals surface area (Å²) in [7, 11) is 0. The third-order valence-corrected chi connectivity index (χ3v) is 9.39. The van der Waals surface area contributed by atoms with Crippen LogP contribution in [0, 0.1) is 29.0 Å². The molecule has 2 N–H and O–H groups in total. The number of halogens is 1. The Hall–Kier alpha value is -3.17. The van der Waals surface area contributed by atoms with Crippen LogP contribution in [-0.2, 0) is 4.74 Å². The number of fused-ring (bicyclic) bond motifs is 2. The van der Waals surface area contributed by atoms with Gasteiger partial charge in [0, 0.05) is 25.2 Å². The first-order valence-corrected chi connectivity index (χ1v) is 14.2. The molecule has 3 atom stereocenters. The Morgan fingerprint density at radius 3 is 2.85 bits per heavy atom. The lowest BCUT2D eigenvalue weighted by atomic mass is 9.88. The van der Waals surface area contributed by atoms with Gasteiger partial charge in [0.25, 0.3) is 5.56 Å². The molecule has 3 aliphatic heterocycles. The van der Waals surface area contributed by atoms with Gasteiger partial charge >= 0.3 is 0 Å². The summed E-state index contributed by atoms with van der Waals surface area (Å²) in [5, 5.41) is 13.6. The second kappa shape index (κ2) is 9.78. The molecule has 4 heterocycles. The summed E-state index contributed by atoms with van der Waals surface area (Å²) in [6.07, 6.45) is 5.51. The van der Waals surface area contributed by atoms with Gasteiger partial charge in [0.1, 0.15) is 17.4 Å². The fourth-order valence-electron chi connectivity index (χ4n) is 6.18. The van der Waals surface area contributed by atoms with Gasteiger partial charge in [-0.3, -0.25) is 9.36 Å². The van der Waals surface area contributed by atoms with Gasteiger partial charge in [-0.15, -0.1) is 0 Å². The highest BCUT2D eigenvalue weighted by atomic mass is 32.2. The number of ether oxygens (including phenoxy) is 2. The second-order valence-corrected chi connectivity index (χ2v) is 12.0. The molecule has 3 unspecified atom stereocenters. The Morgan fingerprint density at radius 2 is 2.05 bits per heavy atom. The van der Waals surface area contributed by atoms with Crippen LogP contribution in [0.3, 0.4) is 0 Å². The van der Waals surface area contributed by atoms with Crippen LogP contribution in [0.4, 0.5) is 10.1 Å². The number of hydrogen-bond donors (Lipinski definition) is 2. The van der Waals surface area contributed by atoms with E-state index in [1.807, 2.05) is 0 Å². The minimum absolute atomic E-state index is 0.0749. The third kappa shape index (κ3) is 4.65. The lowest BCUT2D eigenvalue weighted by Crippen LogP contribution is -2.41. The Bertz CT molecular complexity index is 1520. The Kier molecular flexibility index (Phi) is 6.23. The summed E-state index contributed by atoms with van der Waals surface area (Å²) in [6, 6.07) is 9.70. The normalized spacial score (nSPS) is 25.5. The van der Waals surface area contributed by atoms with Crippen molar-refractivity contribution >= 4 is 28.7 Å². The first-order chi connectivity index (χ1) is 19.0. The lowest BCUT2D eigenvalue weighted by molar-refractivity contribution is -0.0196. The molecule has 4 fully saturated rings. The fraction of sp³-hybridized carbons (Fsp3) is 0.464. The monoisotopic (exact) mass is 548 g/mol. The van der Waals surface area contributed by atoms with E-state index < -0.39 is 5.82 Å². The zero-order valence-corrected chi connectivity index (χ0v) is 22.2. The highest BCUT2D eigenvalue weighted by Crippen LogP contribution is 2.47. The van der Waals surface area contributed by atoms with E-state index in [1.54, 1.807) is 35.2 Å². The lowest BCUT2D eigenvalue weighted by Gasteiger charge is -2.32. The van der Waals surface area contributed by atoms with Crippen LogP contribution >= 0.6 is 12.1 Å². The highest BCUT2D eigenvalue weighted by Gasteiger charge is 2.45. The van der Waals surface area contributed by atoms with E-state index in [0.29, 0.717) is 23.2 Å². The van der Waals surface area contributed by atoms with Gasteiger partial charge in [-0.05, 0) is 80.9 Å². The molecule has 4 aliphatic rings. The molecular formula is C28H29FN6O3S. The van der Waals surface area contributed by atoms with Gasteiger partial charge in [0.2, 0.25) is 0 Å². The number of benzene rings is 2. The van der Waals surface area contributed by atoms with Gasteiger partial charge in [0.15, 0.2) is 11.6 Å². The Morgan fingerprint density at radius 1 is 1.23 bits per heavy atom.